The molecule has 4 heteroatoms. The number of rotatable bonds is 5. The average molecular weight is 374 g/mol. The second kappa shape index (κ2) is 8.53. The van der Waals surface area contributed by atoms with Crippen LogP contribution in [0.4, 0.5) is 0 Å². The summed E-state index contributed by atoms with van der Waals surface area (Å²) in [5.74, 6) is -1.15. The average Bonchev–Trinajstić information content (AvgIpc) is 2.75. The molecular formula is C24H22O4. The number of hydrogen-bond acceptors (Lipinski definition) is 4. The van der Waals surface area contributed by atoms with E-state index in [1.165, 1.54) is 14.2 Å². The molecule has 0 N–H and O–H groups in total. The van der Waals surface area contributed by atoms with Gasteiger partial charge in [-0.05, 0) is 35.7 Å². The maximum absolute atomic E-state index is 12.4. The first-order chi connectivity index (χ1) is 13.6. The van der Waals surface area contributed by atoms with E-state index in [1.54, 1.807) is 24.3 Å². The summed E-state index contributed by atoms with van der Waals surface area (Å²) in [5.41, 5.74) is 4.58. The Morgan fingerprint density at radius 1 is 0.679 bits per heavy atom. The van der Waals surface area contributed by atoms with Crippen LogP contribution in [-0.4, -0.2) is 26.2 Å². The minimum atomic E-state index is -0.414. The lowest BCUT2D eigenvalue weighted by molar-refractivity contribution is 0.0592. The van der Waals surface area contributed by atoms with Gasteiger partial charge in [0.1, 0.15) is 0 Å². The third-order valence-corrected chi connectivity index (χ3v) is 4.76. The summed E-state index contributed by atoms with van der Waals surface area (Å²) >= 11 is 0. The van der Waals surface area contributed by atoms with E-state index in [9.17, 15) is 9.59 Å². The number of aryl methyl sites for hydroxylation is 1. The summed E-state index contributed by atoms with van der Waals surface area (Å²) in [6, 6.07) is 22.7. The van der Waals surface area contributed by atoms with E-state index in [1.807, 2.05) is 55.5 Å². The summed E-state index contributed by atoms with van der Waals surface area (Å²) in [5, 5.41) is 0. The van der Waals surface area contributed by atoms with Gasteiger partial charge in [-0.3, -0.25) is 0 Å². The van der Waals surface area contributed by atoms with Crippen molar-refractivity contribution < 1.29 is 19.1 Å². The molecule has 0 fully saturated rings. The highest BCUT2D eigenvalue weighted by molar-refractivity contribution is 5.94. The van der Waals surface area contributed by atoms with Crippen molar-refractivity contribution in [2.24, 2.45) is 0 Å². The Labute approximate surface area is 164 Å². The number of esters is 2. The number of hydrogen-bond donors (Lipinski definition) is 0. The minimum Gasteiger partial charge on any atom is -0.465 e. The summed E-state index contributed by atoms with van der Waals surface area (Å²) < 4.78 is 9.97. The first-order valence-corrected chi connectivity index (χ1v) is 8.98. The molecule has 0 spiro atoms. The van der Waals surface area contributed by atoms with Crippen molar-refractivity contribution in [2.75, 3.05) is 14.2 Å². The van der Waals surface area contributed by atoms with Crippen molar-refractivity contribution >= 4 is 11.9 Å². The fraction of sp³-hybridized carbons (Fsp3) is 0.167. The van der Waals surface area contributed by atoms with Gasteiger partial charge in [-0.1, -0.05) is 66.2 Å². The van der Waals surface area contributed by atoms with Gasteiger partial charge >= 0.3 is 11.9 Å². The lowest BCUT2D eigenvalue weighted by Crippen LogP contribution is -2.15. The maximum Gasteiger partial charge on any atom is 0.338 e. The zero-order valence-corrected chi connectivity index (χ0v) is 16.1. The molecule has 0 unspecified atom stereocenters. The molecule has 0 saturated carbocycles. The predicted molar refractivity (Wildman–Crippen MR) is 108 cm³/mol. The minimum absolute atomic E-state index is 0.328. The fourth-order valence-electron chi connectivity index (χ4n) is 3.37. The smallest absolute Gasteiger partial charge is 0.338 e. The Kier molecular flexibility index (Phi) is 5.90. The molecule has 0 aliphatic carbocycles. The Morgan fingerprint density at radius 3 is 1.54 bits per heavy atom. The number of benzene rings is 3. The first-order valence-electron chi connectivity index (χ1n) is 8.98. The molecule has 0 bridgehead atoms. The van der Waals surface area contributed by atoms with Crippen LogP contribution in [-0.2, 0) is 9.47 Å². The van der Waals surface area contributed by atoms with Crippen LogP contribution in [0.3, 0.4) is 0 Å². The van der Waals surface area contributed by atoms with E-state index < -0.39 is 11.9 Å². The van der Waals surface area contributed by atoms with Gasteiger partial charge in [0, 0.05) is 5.92 Å². The van der Waals surface area contributed by atoms with Crippen LogP contribution in [0.1, 0.15) is 48.9 Å². The van der Waals surface area contributed by atoms with Gasteiger partial charge in [-0.2, -0.15) is 0 Å². The highest BCUT2D eigenvalue weighted by atomic mass is 16.5. The SMILES string of the molecule is COC(=O)c1ccccc1C(c1ccc(C)cc1)c1ccccc1C(=O)OC. The zero-order valence-electron chi connectivity index (χ0n) is 16.1. The van der Waals surface area contributed by atoms with Crippen LogP contribution in [0.5, 0.6) is 0 Å². The monoisotopic (exact) mass is 374 g/mol. The zero-order chi connectivity index (χ0) is 20.1. The van der Waals surface area contributed by atoms with Crippen molar-refractivity contribution in [1.82, 2.24) is 0 Å². The topological polar surface area (TPSA) is 52.6 Å². The molecule has 3 aromatic rings. The van der Waals surface area contributed by atoms with Crippen LogP contribution in [0.25, 0.3) is 0 Å². The van der Waals surface area contributed by atoms with Crippen molar-refractivity contribution in [1.29, 1.82) is 0 Å². The number of carbonyl (C=O) groups is 2. The van der Waals surface area contributed by atoms with Gasteiger partial charge in [0.15, 0.2) is 0 Å². The van der Waals surface area contributed by atoms with E-state index in [4.69, 9.17) is 9.47 Å². The molecule has 0 amide bonds. The van der Waals surface area contributed by atoms with Crippen LogP contribution >= 0.6 is 0 Å². The molecule has 3 aromatic carbocycles. The molecule has 0 aromatic heterocycles. The summed E-state index contributed by atoms with van der Waals surface area (Å²) in [4.78, 5) is 24.8. The van der Waals surface area contributed by atoms with Gasteiger partial charge in [-0.25, -0.2) is 9.59 Å². The fourth-order valence-corrected chi connectivity index (χ4v) is 3.37. The molecule has 4 nitrogen and oxygen atoms in total. The van der Waals surface area contributed by atoms with Crippen molar-refractivity contribution in [3.63, 3.8) is 0 Å². The van der Waals surface area contributed by atoms with E-state index in [0.29, 0.717) is 11.1 Å². The summed E-state index contributed by atoms with van der Waals surface area (Å²) in [6.45, 7) is 2.02. The molecule has 28 heavy (non-hydrogen) atoms. The Hall–Kier alpha value is -3.40. The lowest BCUT2D eigenvalue weighted by Gasteiger charge is -2.23. The Bertz CT molecular complexity index is 930. The maximum atomic E-state index is 12.4. The molecule has 0 atom stereocenters. The van der Waals surface area contributed by atoms with E-state index in [2.05, 4.69) is 0 Å². The second-order valence-electron chi connectivity index (χ2n) is 6.50. The van der Waals surface area contributed by atoms with Gasteiger partial charge in [-0.15, -0.1) is 0 Å². The first kappa shape index (κ1) is 19.4. The van der Waals surface area contributed by atoms with Crippen LogP contribution in [0.15, 0.2) is 72.8 Å². The standard InChI is InChI=1S/C24H22O4/c1-16-12-14-17(15-13-16)22(18-8-4-6-10-20(18)23(25)27-2)19-9-5-7-11-21(19)24(26)28-3/h4-15,22H,1-3H3. The third kappa shape index (κ3) is 3.81. The lowest BCUT2D eigenvalue weighted by atomic mass is 9.80. The van der Waals surface area contributed by atoms with Gasteiger partial charge < -0.3 is 9.47 Å². The number of carbonyl (C=O) groups excluding carboxylic acids is 2. The molecule has 0 saturated heterocycles. The van der Waals surface area contributed by atoms with Crippen LogP contribution < -0.4 is 0 Å². The quantitative estimate of drug-likeness (QED) is 0.478. The molecule has 0 aliphatic heterocycles. The van der Waals surface area contributed by atoms with Crippen LogP contribution in [0.2, 0.25) is 0 Å². The highest BCUT2D eigenvalue weighted by Crippen LogP contribution is 2.36. The van der Waals surface area contributed by atoms with E-state index >= 15 is 0 Å². The largest absolute Gasteiger partial charge is 0.465 e. The van der Waals surface area contributed by atoms with E-state index in [-0.39, 0.29) is 5.92 Å². The van der Waals surface area contributed by atoms with Crippen LogP contribution in [0, 0.1) is 6.92 Å². The molecule has 0 heterocycles. The Morgan fingerprint density at radius 2 is 1.11 bits per heavy atom. The Balaban J connectivity index is 2.29. The van der Waals surface area contributed by atoms with E-state index in [0.717, 1.165) is 22.3 Å². The van der Waals surface area contributed by atoms with Crippen molar-refractivity contribution in [2.45, 2.75) is 12.8 Å². The molecule has 3 rings (SSSR count). The van der Waals surface area contributed by atoms with Gasteiger partial charge in [0.25, 0.3) is 0 Å². The van der Waals surface area contributed by atoms with Crippen molar-refractivity contribution in [3.05, 3.63) is 106 Å². The third-order valence-electron chi connectivity index (χ3n) is 4.76. The molecule has 142 valence electrons. The number of methoxy groups -OCH3 is 2. The molecule has 0 aliphatic rings. The predicted octanol–water partition coefficient (Wildman–Crippen LogP) is 4.75. The summed E-state index contributed by atoms with van der Waals surface area (Å²) in [7, 11) is 2.73. The molecule has 0 radical (unpaired) electrons. The summed E-state index contributed by atoms with van der Waals surface area (Å²) in [6.07, 6.45) is 0. The number of ether oxygens (including phenoxy) is 2. The second-order valence-corrected chi connectivity index (χ2v) is 6.50. The highest BCUT2D eigenvalue weighted by Gasteiger charge is 2.26. The van der Waals surface area contributed by atoms with Gasteiger partial charge in [0.05, 0.1) is 25.3 Å². The van der Waals surface area contributed by atoms with Gasteiger partial charge in [0.2, 0.25) is 0 Å². The molecular weight excluding hydrogens is 352 g/mol. The van der Waals surface area contributed by atoms with Crippen molar-refractivity contribution in [3.8, 4) is 0 Å². The normalized spacial score (nSPS) is 10.6.